The van der Waals surface area contributed by atoms with E-state index >= 15 is 0 Å². The Kier molecular flexibility index (Phi) is 4.53. The summed E-state index contributed by atoms with van der Waals surface area (Å²) >= 11 is 5.28. The molecular formula is C15H20N2OS. The summed E-state index contributed by atoms with van der Waals surface area (Å²) in [4.78, 5) is 14.6. The minimum absolute atomic E-state index is 0.165. The van der Waals surface area contributed by atoms with Crippen LogP contribution in [0.4, 0.5) is 5.69 Å². The molecule has 0 atom stereocenters. The molecule has 1 aliphatic rings. The number of piperidine rings is 1. The Morgan fingerprint density at radius 3 is 2.26 bits per heavy atom. The average Bonchev–Trinajstić information content (AvgIpc) is 2.37. The van der Waals surface area contributed by atoms with Crippen LogP contribution in [0, 0.1) is 13.8 Å². The number of hydrogen-bond donors (Lipinski definition) is 1. The van der Waals surface area contributed by atoms with Gasteiger partial charge in [-0.05, 0) is 56.4 Å². The van der Waals surface area contributed by atoms with Gasteiger partial charge in [0.05, 0.1) is 0 Å². The fourth-order valence-electron chi connectivity index (χ4n) is 2.47. The standard InChI is InChI=1S/C15H20N2OS/c1-11-8-12(2)10-13(9-11)16-14(18)15(19)17-6-4-3-5-7-17/h8-10H,3-7H2,1-2H3,(H,16,18). The van der Waals surface area contributed by atoms with Crippen LogP contribution in [-0.2, 0) is 4.79 Å². The number of carbonyl (C=O) groups excluding carboxylic acids is 1. The molecule has 1 aliphatic heterocycles. The number of benzene rings is 1. The van der Waals surface area contributed by atoms with Crippen LogP contribution in [0.3, 0.4) is 0 Å². The third-order valence-electron chi connectivity index (χ3n) is 3.32. The summed E-state index contributed by atoms with van der Waals surface area (Å²) in [5, 5.41) is 2.90. The molecule has 3 nitrogen and oxygen atoms in total. The van der Waals surface area contributed by atoms with Gasteiger partial charge in [0.1, 0.15) is 0 Å². The number of hydrogen-bond acceptors (Lipinski definition) is 2. The molecule has 0 bridgehead atoms. The van der Waals surface area contributed by atoms with Crippen LogP contribution >= 0.6 is 12.2 Å². The van der Waals surface area contributed by atoms with Crippen LogP contribution in [0.2, 0.25) is 0 Å². The van der Waals surface area contributed by atoms with E-state index in [4.69, 9.17) is 12.2 Å². The van der Waals surface area contributed by atoms with Gasteiger partial charge in [-0.2, -0.15) is 0 Å². The Morgan fingerprint density at radius 1 is 1.11 bits per heavy atom. The molecule has 0 spiro atoms. The monoisotopic (exact) mass is 276 g/mol. The van der Waals surface area contributed by atoms with Crippen molar-refractivity contribution in [2.24, 2.45) is 0 Å². The molecule has 0 radical (unpaired) electrons. The van der Waals surface area contributed by atoms with Gasteiger partial charge in [0.2, 0.25) is 0 Å². The van der Waals surface area contributed by atoms with Crippen LogP contribution in [0.5, 0.6) is 0 Å². The zero-order chi connectivity index (χ0) is 13.8. The fourth-order valence-corrected chi connectivity index (χ4v) is 2.71. The minimum Gasteiger partial charge on any atom is -0.358 e. The first-order valence-corrected chi connectivity index (χ1v) is 7.15. The molecule has 1 N–H and O–H groups in total. The number of carbonyl (C=O) groups is 1. The van der Waals surface area contributed by atoms with Crippen molar-refractivity contribution < 1.29 is 4.79 Å². The number of anilines is 1. The van der Waals surface area contributed by atoms with E-state index in [2.05, 4.69) is 11.4 Å². The van der Waals surface area contributed by atoms with Crippen LogP contribution in [-0.4, -0.2) is 28.9 Å². The van der Waals surface area contributed by atoms with Gasteiger partial charge in [-0.25, -0.2) is 0 Å². The van der Waals surface area contributed by atoms with Crippen molar-refractivity contribution in [2.45, 2.75) is 33.1 Å². The predicted molar refractivity (Wildman–Crippen MR) is 82.6 cm³/mol. The van der Waals surface area contributed by atoms with Crippen molar-refractivity contribution in [1.29, 1.82) is 0 Å². The normalized spacial score (nSPS) is 15.2. The zero-order valence-corrected chi connectivity index (χ0v) is 12.3. The molecule has 0 unspecified atom stereocenters. The highest BCUT2D eigenvalue weighted by Gasteiger charge is 2.19. The van der Waals surface area contributed by atoms with E-state index < -0.39 is 0 Å². The first-order valence-electron chi connectivity index (χ1n) is 6.75. The maximum Gasteiger partial charge on any atom is 0.283 e. The largest absolute Gasteiger partial charge is 0.358 e. The van der Waals surface area contributed by atoms with Crippen molar-refractivity contribution >= 4 is 28.8 Å². The van der Waals surface area contributed by atoms with Gasteiger partial charge in [0.15, 0.2) is 4.99 Å². The lowest BCUT2D eigenvalue weighted by atomic mass is 10.1. The van der Waals surface area contributed by atoms with Gasteiger partial charge < -0.3 is 10.2 Å². The second-order valence-electron chi connectivity index (χ2n) is 5.18. The van der Waals surface area contributed by atoms with E-state index in [0.29, 0.717) is 4.99 Å². The predicted octanol–water partition coefficient (Wildman–Crippen LogP) is 3.06. The van der Waals surface area contributed by atoms with Gasteiger partial charge in [-0.1, -0.05) is 18.3 Å². The zero-order valence-electron chi connectivity index (χ0n) is 11.5. The molecule has 1 heterocycles. The van der Waals surface area contributed by atoms with E-state index in [1.165, 1.54) is 6.42 Å². The molecule has 4 heteroatoms. The Balaban J connectivity index is 2.01. The van der Waals surface area contributed by atoms with Crippen LogP contribution in [0.15, 0.2) is 18.2 Å². The van der Waals surface area contributed by atoms with Gasteiger partial charge in [-0.3, -0.25) is 4.79 Å². The van der Waals surface area contributed by atoms with Crippen LogP contribution in [0.1, 0.15) is 30.4 Å². The highest BCUT2D eigenvalue weighted by Crippen LogP contribution is 2.15. The number of likely N-dealkylation sites (tertiary alicyclic amines) is 1. The van der Waals surface area contributed by atoms with E-state index in [9.17, 15) is 4.79 Å². The molecule has 2 rings (SSSR count). The maximum absolute atomic E-state index is 12.1. The summed E-state index contributed by atoms with van der Waals surface area (Å²) in [6.45, 7) is 5.84. The van der Waals surface area contributed by atoms with Crippen molar-refractivity contribution in [3.8, 4) is 0 Å². The summed E-state index contributed by atoms with van der Waals surface area (Å²) in [6, 6.07) is 6.01. The van der Waals surface area contributed by atoms with Gasteiger partial charge in [-0.15, -0.1) is 0 Å². The molecular weight excluding hydrogens is 256 g/mol. The van der Waals surface area contributed by atoms with Crippen molar-refractivity contribution in [3.05, 3.63) is 29.3 Å². The summed E-state index contributed by atoms with van der Waals surface area (Å²) in [7, 11) is 0. The molecule has 0 saturated carbocycles. The molecule has 1 amide bonds. The molecule has 1 aromatic carbocycles. The van der Waals surface area contributed by atoms with Gasteiger partial charge in [0.25, 0.3) is 5.91 Å². The smallest absolute Gasteiger partial charge is 0.283 e. The summed E-state index contributed by atoms with van der Waals surface area (Å²) < 4.78 is 0. The van der Waals surface area contributed by atoms with E-state index in [1.807, 2.05) is 30.9 Å². The SMILES string of the molecule is Cc1cc(C)cc(NC(=O)C(=S)N2CCCCC2)c1. The quantitative estimate of drug-likeness (QED) is 0.800. The molecule has 0 aliphatic carbocycles. The van der Waals surface area contributed by atoms with Gasteiger partial charge in [0, 0.05) is 18.8 Å². The third kappa shape index (κ3) is 3.77. The fraction of sp³-hybridized carbons (Fsp3) is 0.467. The molecule has 1 fully saturated rings. The third-order valence-corrected chi connectivity index (χ3v) is 3.76. The Hall–Kier alpha value is -1.42. The first-order chi connectivity index (χ1) is 9.06. The van der Waals surface area contributed by atoms with E-state index in [-0.39, 0.29) is 5.91 Å². The lowest BCUT2D eigenvalue weighted by Crippen LogP contribution is -2.41. The lowest BCUT2D eigenvalue weighted by Gasteiger charge is -2.28. The average molecular weight is 276 g/mol. The second kappa shape index (κ2) is 6.15. The van der Waals surface area contributed by atoms with Gasteiger partial charge >= 0.3 is 0 Å². The topological polar surface area (TPSA) is 32.3 Å². The molecule has 1 saturated heterocycles. The van der Waals surface area contributed by atoms with Crippen LogP contribution < -0.4 is 5.32 Å². The number of rotatable bonds is 1. The molecule has 1 aromatic rings. The minimum atomic E-state index is -0.165. The molecule has 102 valence electrons. The molecule has 0 aromatic heterocycles. The first kappa shape index (κ1) is 14.0. The highest BCUT2D eigenvalue weighted by atomic mass is 32.1. The van der Waals surface area contributed by atoms with Crippen LogP contribution in [0.25, 0.3) is 0 Å². The van der Waals surface area contributed by atoms with Crippen molar-refractivity contribution in [3.63, 3.8) is 0 Å². The maximum atomic E-state index is 12.1. The highest BCUT2D eigenvalue weighted by molar-refractivity contribution is 7.82. The number of aryl methyl sites for hydroxylation is 2. The lowest BCUT2D eigenvalue weighted by molar-refractivity contribution is -0.110. The Bertz CT molecular complexity index is 473. The number of nitrogens with zero attached hydrogens (tertiary/aromatic N) is 1. The second-order valence-corrected chi connectivity index (χ2v) is 5.57. The molecule has 19 heavy (non-hydrogen) atoms. The Labute approximate surface area is 120 Å². The summed E-state index contributed by atoms with van der Waals surface area (Å²) in [6.07, 6.45) is 3.48. The van der Waals surface area contributed by atoms with E-state index in [1.54, 1.807) is 0 Å². The van der Waals surface area contributed by atoms with E-state index in [0.717, 1.165) is 42.7 Å². The summed E-state index contributed by atoms with van der Waals surface area (Å²) in [5.74, 6) is -0.165. The summed E-state index contributed by atoms with van der Waals surface area (Å²) in [5.41, 5.74) is 3.10. The van der Waals surface area contributed by atoms with Crippen molar-refractivity contribution in [1.82, 2.24) is 4.90 Å². The Morgan fingerprint density at radius 2 is 1.68 bits per heavy atom. The number of nitrogens with one attached hydrogen (secondary N) is 1. The number of thiocarbonyl (C=S) groups is 1. The van der Waals surface area contributed by atoms with Crippen molar-refractivity contribution in [2.75, 3.05) is 18.4 Å². The number of amides is 1.